The molecule has 0 aliphatic carbocycles. The normalized spacial score (nSPS) is 11.4. The van der Waals surface area contributed by atoms with Gasteiger partial charge in [-0.05, 0) is 103 Å². The molecule has 1 aromatic heterocycles. The third-order valence-electron chi connectivity index (χ3n) is 11.5. The molecule has 0 spiro atoms. The van der Waals surface area contributed by atoms with Gasteiger partial charge in [0.15, 0.2) is 0 Å². The molecule has 0 saturated carbocycles. The Morgan fingerprint density at radius 3 is 1.67 bits per heavy atom. The van der Waals surface area contributed by atoms with Crippen LogP contribution in [0.4, 0.5) is 17.1 Å². The maximum atomic E-state index is 6.29. The molecule has 0 radical (unpaired) electrons. The number of hydrogen-bond acceptors (Lipinski definition) is 2. The Hall–Kier alpha value is -7.68. The van der Waals surface area contributed by atoms with Crippen molar-refractivity contribution in [1.82, 2.24) is 0 Å². The maximum absolute atomic E-state index is 6.29. The summed E-state index contributed by atoms with van der Waals surface area (Å²) in [6, 6.07) is 80.8. The van der Waals surface area contributed by atoms with Crippen LogP contribution >= 0.6 is 0 Å². The highest BCUT2D eigenvalue weighted by molar-refractivity contribution is 6.13. The topological polar surface area (TPSA) is 16.4 Å². The molecule has 1 heterocycles. The van der Waals surface area contributed by atoms with Crippen LogP contribution in [0.5, 0.6) is 0 Å². The maximum Gasteiger partial charge on any atom is 0.136 e. The molecule has 0 aliphatic rings. The lowest BCUT2D eigenvalue weighted by molar-refractivity contribution is 0.669. The van der Waals surface area contributed by atoms with E-state index in [1.54, 1.807) is 0 Å². The Morgan fingerprint density at radius 1 is 0.310 bits per heavy atom. The minimum absolute atomic E-state index is 0.896. The summed E-state index contributed by atoms with van der Waals surface area (Å²) in [7, 11) is 0. The zero-order valence-electron chi connectivity index (χ0n) is 31.7. The van der Waals surface area contributed by atoms with E-state index in [4.69, 9.17) is 4.42 Å². The van der Waals surface area contributed by atoms with E-state index in [1.807, 2.05) is 12.1 Å². The highest BCUT2D eigenvalue weighted by atomic mass is 16.3. The number of nitrogens with zero attached hydrogens (tertiary/aromatic N) is 1. The largest absolute Gasteiger partial charge is 0.456 e. The number of para-hydroxylation sites is 1. The van der Waals surface area contributed by atoms with Crippen molar-refractivity contribution in [3.63, 3.8) is 0 Å². The Bertz CT molecular complexity index is 3270. The van der Waals surface area contributed by atoms with E-state index >= 15 is 0 Å². The van der Waals surface area contributed by atoms with Crippen molar-refractivity contribution in [2.75, 3.05) is 4.90 Å². The fourth-order valence-corrected chi connectivity index (χ4v) is 8.81. The molecule has 0 N–H and O–H groups in total. The number of fused-ring (bicyclic) bond motifs is 6. The zero-order valence-corrected chi connectivity index (χ0v) is 31.7. The molecule has 0 bridgehead atoms. The third kappa shape index (κ3) is 5.74. The highest BCUT2D eigenvalue weighted by Gasteiger charge is 2.23. The van der Waals surface area contributed by atoms with Crippen LogP contribution in [0.1, 0.15) is 0 Å². The average Bonchev–Trinajstić information content (AvgIpc) is 3.69. The van der Waals surface area contributed by atoms with Crippen molar-refractivity contribution in [2.45, 2.75) is 0 Å². The van der Waals surface area contributed by atoms with Gasteiger partial charge in [-0.3, -0.25) is 0 Å². The van der Waals surface area contributed by atoms with Crippen LogP contribution in [-0.2, 0) is 0 Å². The molecule has 0 atom stereocenters. The molecule has 0 amide bonds. The van der Waals surface area contributed by atoms with Crippen molar-refractivity contribution in [3.05, 3.63) is 224 Å². The Morgan fingerprint density at radius 2 is 0.862 bits per heavy atom. The lowest BCUT2D eigenvalue weighted by Gasteiger charge is -2.30. The third-order valence-corrected chi connectivity index (χ3v) is 11.5. The van der Waals surface area contributed by atoms with E-state index in [9.17, 15) is 0 Å². The molecule has 0 saturated heterocycles. The lowest BCUT2D eigenvalue weighted by Crippen LogP contribution is -2.12. The Labute approximate surface area is 337 Å². The van der Waals surface area contributed by atoms with Crippen LogP contribution in [0.3, 0.4) is 0 Å². The van der Waals surface area contributed by atoms with Crippen LogP contribution in [0.15, 0.2) is 229 Å². The van der Waals surface area contributed by atoms with Gasteiger partial charge in [-0.1, -0.05) is 182 Å². The van der Waals surface area contributed by atoms with Gasteiger partial charge in [0.05, 0.1) is 5.69 Å². The fourth-order valence-electron chi connectivity index (χ4n) is 8.81. The number of hydrogen-bond donors (Lipinski definition) is 0. The summed E-state index contributed by atoms with van der Waals surface area (Å²) in [6.45, 7) is 0. The van der Waals surface area contributed by atoms with E-state index in [-0.39, 0.29) is 0 Å². The van der Waals surface area contributed by atoms with Crippen molar-refractivity contribution in [2.24, 2.45) is 0 Å². The van der Waals surface area contributed by atoms with Gasteiger partial charge in [-0.2, -0.15) is 0 Å². The van der Waals surface area contributed by atoms with Gasteiger partial charge in [-0.25, -0.2) is 0 Å². The lowest BCUT2D eigenvalue weighted by atomic mass is 9.87. The second-order valence-corrected chi connectivity index (χ2v) is 14.8. The monoisotopic (exact) mass is 739 g/mol. The van der Waals surface area contributed by atoms with Crippen LogP contribution in [0.2, 0.25) is 0 Å². The predicted molar refractivity (Wildman–Crippen MR) is 245 cm³/mol. The predicted octanol–water partition coefficient (Wildman–Crippen LogP) is 16.0. The summed E-state index contributed by atoms with van der Waals surface area (Å²) in [4.78, 5) is 2.44. The van der Waals surface area contributed by atoms with E-state index in [0.717, 1.165) is 50.1 Å². The van der Waals surface area contributed by atoms with Gasteiger partial charge >= 0.3 is 0 Å². The molecule has 0 fully saturated rings. The number of rotatable bonds is 7. The van der Waals surface area contributed by atoms with Crippen LogP contribution in [-0.4, -0.2) is 0 Å². The van der Waals surface area contributed by atoms with Gasteiger partial charge in [-0.15, -0.1) is 0 Å². The summed E-state index contributed by atoms with van der Waals surface area (Å²) in [5.74, 6) is 0. The molecular formula is C56H37NO. The highest BCUT2D eigenvalue weighted by Crippen LogP contribution is 2.49. The molecule has 58 heavy (non-hydrogen) atoms. The number of benzene rings is 10. The van der Waals surface area contributed by atoms with Gasteiger partial charge in [0.2, 0.25) is 0 Å². The summed E-state index contributed by atoms with van der Waals surface area (Å²) in [5.41, 5.74) is 14.4. The molecule has 0 unspecified atom stereocenters. The quantitative estimate of drug-likeness (QED) is 0.151. The first-order valence-corrected chi connectivity index (χ1v) is 19.8. The summed E-state index contributed by atoms with van der Waals surface area (Å²) < 4.78 is 6.29. The standard InChI is InChI=1S/C56H37NO/c1-3-15-38(16-4-1)46-21-9-10-22-50(46)55-48(39-17-5-2-6-18-39)24-13-26-52(55)57(44-35-36-47-42(37-44)30-29-40-19-7-8-20-45(40)47)43-33-31-41(32-34-43)49-25-14-28-54-56(49)51-23-11-12-27-53(51)58-54/h1-37H. The van der Waals surface area contributed by atoms with Crippen LogP contribution < -0.4 is 4.90 Å². The minimum atomic E-state index is 0.896. The first-order valence-electron chi connectivity index (χ1n) is 19.8. The molecular weight excluding hydrogens is 703 g/mol. The molecule has 11 rings (SSSR count). The fraction of sp³-hybridized carbons (Fsp3) is 0. The smallest absolute Gasteiger partial charge is 0.136 e. The van der Waals surface area contributed by atoms with E-state index < -0.39 is 0 Å². The van der Waals surface area contributed by atoms with E-state index in [2.05, 4.69) is 217 Å². The van der Waals surface area contributed by atoms with Crippen LogP contribution in [0, 0.1) is 0 Å². The summed E-state index contributed by atoms with van der Waals surface area (Å²) >= 11 is 0. The van der Waals surface area contributed by atoms with Gasteiger partial charge in [0.25, 0.3) is 0 Å². The van der Waals surface area contributed by atoms with Crippen molar-refractivity contribution in [3.8, 4) is 44.5 Å². The number of anilines is 3. The van der Waals surface area contributed by atoms with Crippen molar-refractivity contribution < 1.29 is 4.42 Å². The van der Waals surface area contributed by atoms with E-state index in [1.165, 1.54) is 54.9 Å². The molecule has 10 aromatic carbocycles. The molecule has 2 nitrogen and oxygen atoms in total. The van der Waals surface area contributed by atoms with Crippen LogP contribution in [0.25, 0.3) is 88.0 Å². The summed E-state index contributed by atoms with van der Waals surface area (Å²) in [5, 5.41) is 7.20. The molecule has 11 aromatic rings. The average molecular weight is 740 g/mol. The molecule has 272 valence electrons. The van der Waals surface area contributed by atoms with Gasteiger partial charge in [0.1, 0.15) is 11.2 Å². The zero-order chi connectivity index (χ0) is 38.4. The minimum Gasteiger partial charge on any atom is -0.456 e. The first kappa shape index (κ1) is 33.6. The second-order valence-electron chi connectivity index (χ2n) is 14.8. The number of furan rings is 1. The van der Waals surface area contributed by atoms with Gasteiger partial charge < -0.3 is 9.32 Å². The molecule has 0 aliphatic heterocycles. The second kappa shape index (κ2) is 14.1. The first-order chi connectivity index (χ1) is 28.8. The summed E-state index contributed by atoms with van der Waals surface area (Å²) in [6.07, 6.45) is 0. The van der Waals surface area contributed by atoms with Crippen molar-refractivity contribution >= 4 is 60.5 Å². The SMILES string of the molecule is c1ccc(-c2ccccc2-c2c(-c3ccccc3)cccc2N(c2ccc(-c3cccc4oc5ccccc5c34)cc2)c2ccc3c(ccc4ccccc43)c2)cc1. The Balaban J connectivity index is 1.16. The van der Waals surface area contributed by atoms with Gasteiger partial charge in [0, 0.05) is 27.7 Å². The molecule has 2 heteroatoms. The Kier molecular flexibility index (Phi) is 8.19. The van der Waals surface area contributed by atoms with E-state index in [0.29, 0.717) is 0 Å². The van der Waals surface area contributed by atoms with Crippen molar-refractivity contribution in [1.29, 1.82) is 0 Å².